The van der Waals surface area contributed by atoms with E-state index >= 15 is 0 Å². The number of amides is 1. The molecule has 0 saturated heterocycles. The predicted molar refractivity (Wildman–Crippen MR) is 83.5 cm³/mol. The predicted octanol–water partition coefficient (Wildman–Crippen LogP) is 3.64. The Morgan fingerprint density at radius 3 is 2.71 bits per heavy atom. The quantitative estimate of drug-likeness (QED) is 0.914. The van der Waals surface area contributed by atoms with Gasteiger partial charge in [0.25, 0.3) is 0 Å². The van der Waals surface area contributed by atoms with Crippen molar-refractivity contribution in [2.45, 2.75) is 19.6 Å². The highest BCUT2D eigenvalue weighted by molar-refractivity contribution is 5.94. The van der Waals surface area contributed by atoms with Gasteiger partial charge in [0.2, 0.25) is 0 Å². The summed E-state index contributed by atoms with van der Waals surface area (Å²) < 4.78 is 5.45. The van der Waals surface area contributed by atoms with Crippen molar-refractivity contribution in [3.8, 4) is 0 Å². The van der Waals surface area contributed by atoms with Gasteiger partial charge >= 0.3 is 6.09 Å². The molecule has 1 heterocycles. The summed E-state index contributed by atoms with van der Waals surface area (Å²) in [6, 6.07) is 17.6. The van der Waals surface area contributed by atoms with E-state index in [1.165, 1.54) is 0 Å². The van der Waals surface area contributed by atoms with Crippen LogP contribution in [0.4, 0.5) is 16.2 Å². The minimum absolute atomic E-state index is 0.0585. The molecule has 0 radical (unpaired) electrons. The number of hydrogen-bond donors (Lipinski definition) is 1. The summed E-state index contributed by atoms with van der Waals surface area (Å²) in [5.41, 5.74) is 2.82. The minimum atomic E-state index is -0.305. The molecule has 0 saturated carbocycles. The molecule has 0 aromatic heterocycles. The summed E-state index contributed by atoms with van der Waals surface area (Å²) in [6.07, 6.45) is -0.305. The summed E-state index contributed by atoms with van der Waals surface area (Å²) >= 11 is 0. The summed E-state index contributed by atoms with van der Waals surface area (Å²) in [5, 5.41) is 3.32. The van der Waals surface area contributed by atoms with Crippen molar-refractivity contribution in [1.29, 1.82) is 0 Å². The third-order valence-corrected chi connectivity index (χ3v) is 3.59. The van der Waals surface area contributed by atoms with Crippen molar-refractivity contribution < 1.29 is 9.53 Å². The highest BCUT2D eigenvalue weighted by Gasteiger charge is 2.28. The lowest BCUT2D eigenvalue weighted by atomic mass is 10.1. The molecule has 0 spiro atoms. The summed E-state index contributed by atoms with van der Waals surface area (Å²) in [6.45, 7) is 3.02. The zero-order valence-corrected chi connectivity index (χ0v) is 12.0. The molecule has 0 bridgehead atoms. The number of benzene rings is 2. The van der Waals surface area contributed by atoms with Crippen molar-refractivity contribution in [1.82, 2.24) is 0 Å². The second-order valence-electron chi connectivity index (χ2n) is 5.16. The first-order valence-corrected chi connectivity index (χ1v) is 7.08. The summed E-state index contributed by atoms with van der Waals surface area (Å²) in [7, 11) is 0. The minimum Gasteiger partial charge on any atom is -0.444 e. The van der Waals surface area contributed by atoms with E-state index in [-0.39, 0.29) is 12.1 Å². The molecule has 1 atom stereocenters. The van der Waals surface area contributed by atoms with E-state index < -0.39 is 0 Å². The van der Waals surface area contributed by atoms with Gasteiger partial charge < -0.3 is 10.1 Å². The Bertz CT molecular complexity index is 628. The fourth-order valence-corrected chi connectivity index (χ4v) is 2.49. The van der Waals surface area contributed by atoms with Gasteiger partial charge in [0, 0.05) is 6.54 Å². The van der Waals surface area contributed by atoms with Gasteiger partial charge in [0.15, 0.2) is 0 Å². The van der Waals surface area contributed by atoms with Crippen LogP contribution in [0.3, 0.4) is 0 Å². The molecule has 4 heteroatoms. The van der Waals surface area contributed by atoms with Crippen LogP contribution in [0.25, 0.3) is 0 Å². The van der Waals surface area contributed by atoms with Crippen LogP contribution in [-0.4, -0.2) is 18.7 Å². The molecule has 4 nitrogen and oxygen atoms in total. The Balaban J connectivity index is 1.75. The number of nitrogens with one attached hydrogen (secondary N) is 1. The van der Waals surface area contributed by atoms with Crippen LogP contribution in [0.5, 0.6) is 0 Å². The van der Waals surface area contributed by atoms with E-state index in [9.17, 15) is 4.79 Å². The highest BCUT2D eigenvalue weighted by Crippen LogP contribution is 2.31. The molecule has 1 aliphatic heterocycles. The van der Waals surface area contributed by atoms with E-state index in [2.05, 4.69) is 5.32 Å². The van der Waals surface area contributed by atoms with Crippen LogP contribution in [-0.2, 0) is 11.3 Å². The Morgan fingerprint density at radius 2 is 1.90 bits per heavy atom. The number of carbonyl (C=O) groups excluding carboxylic acids is 1. The summed E-state index contributed by atoms with van der Waals surface area (Å²) in [4.78, 5) is 14.1. The van der Waals surface area contributed by atoms with Crippen molar-refractivity contribution in [3.63, 3.8) is 0 Å². The average Bonchev–Trinajstić information content (AvgIpc) is 2.53. The van der Waals surface area contributed by atoms with Crippen LogP contribution in [0.2, 0.25) is 0 Å². The lowest BCUT2D eigenvalue weighted by Gasteiger charge is -2.35. The molecule has 2 aromatic rings. The Kier molecular flexibility index (Phi) is 3.77. The van der Waals surface area contributed by atoms with Gasteiger partial charge in [0.1, 0.15) is 6.61 Å². The van der Waals surface area contributed by atoms with Gasteiger partial charge in [-0.2, -0.15) is 0 Å². The topological polar surface area (TPSA) is 41.6 Å². The molecule has 2 aromatic carbocycles. The largest absolute Gasteiger partial charge is 0.444 e. The highest BCUT2D eigenvalue weighted by atomic mass is 16.6. The van der Waals surface area contributed by atoms with Gasteiger partial charge in [-0.3, -0.25) is 4.90 Å². The number of rotatable bonds is 2. The summed E-state index contributed by atoms with van der Waals surface area (Å²) in [5.74, 6) is 0. The first-order valence-electron chi connectivity index (χ1n) is 7.08. The fraction of sp³-hybridized carbons (Fsp3) is 0.235. The molecule has 1 unspecified atom stereocenters. The molecule has 21 heavy (non-hydrogen) atoms. The fourth-order valence-electron chi connectivity index (χ4n) is 2.49. The van der Waals surface area contributed by atoms with Gasteiger partial charge in [-0.15, -0.1) is 0 Å². The third-order valence-electron chi connectivity index (χ3n) is 3.59. The van der Waals surface area contributed by atoms with E-state index in [1.54, 1.807) is 4.90 Å². The SMILES string of the molecule is CC1CNc2ccccc2N1C(=O)OCc1ccccc1. The molecule has 0 fully saturated rings. The lowest BCUT2D eigenvalue weighted by Crippen LogP contribution is -2.46. The van der Waals surface area contributed by atoms with Crippen LogP contribution < -0.4 is 10.2 Å². The molecular formula is C17H18N2O2. The van der Waals surface area contributed by atoms with Crippen molar-refractivity contribution in [2.75, 3.05) is 16.8 Å². The Labute approximate surface area is 124 Å². The number of carbonyl (C=O) groups is 1. The third kappa shape index (κ3) is 2.84. The average molecular weight is 282 g/mol. The van der Waals surface area contributed by atoms with Crippen LogP contribution in [0.1, 0.15) is 12.5 Å². The number of fused-ring (bicyclic) bond motifs is 1. The van der Waals surface area contributed by atoms with Gasteiger partial charge in [-0.1, -0.05) is 42.5 Å². The normalized spacial score (nSPS) is 16.8. The van der Waals surface area contributed by atoms with Crippen LogP contribution >= 0.6 is 0 Å². The van der Waals surface area contributed by atoms with Gasteiger partial charge in [-0.05, 0) is 24.6 Å². The lowest BCUT2D eigenvalue weighted by molar-refractivity contribution is 0.145. The van der Waals surface area contributed by atoms with Crippen molar-refractivity contribution in [2.24, 2.45) is 0 Å². The first-order chi connectivity index (χ1) is 10.3. The van der Waals surface area contributed by atoms with E-state index in [0.717, 1.165) is 23.5 Å². The Morgan fingerprint density at radius 1 is 1.19 bits per heavy atom. The van der Waals surface area contributed by atoms with Crippen LogP contribution in [0, 0.1) is 0 Å². The monoisotopic (exact) mass is 282 g/mol. The van der Waals surface area contributed by atoms with Gasteiger partial charge in [-0.25, -0.2) is 4.79 Å². The zero-order chi connectivity index (χ0) is 14.7. The number of para-hydroxylation sites is 2. The van der Waals surface area contributed by atoms with Crippen molar-refractivity contribution in [3.05, 3.63) is 60.2 Å². The molecule has 1 aliphatic rings. The zero-order valence-electron chi connectivity index (χ0n) is 12.0. The van der Waals surface area contributed by atoms with E-state index in [4.69, 9.17) is 4.74 Å². The van der Waals surface area contributed by atoms with Crippen LogP contribution in [0.15, 0.2) is 54.6 Å². The van der Waals surface area contributed by atoms with Gasteiger partial charge in [0.05, 0.1) is 17.4 Å². The molecule has 1 amide bonds. The molecular weight excluding hydrogens is 264 g/mol. The molecule has 1 N–H and O–H groups in total. The number of nitrogens with zero attached hydrogens (tertiary/aromatic N) is 1. The molecule has 3 rings (SSSR count). The second kappa shape index (κ2) is 5.87. The number of ether oxygens (including phenoxy) is 1. The maximum absolute atomic E-state index is 12.4. The van der Waals surface area contributed by atoms with E-state index in [1.807, 2.05) is 61.5 Å². The molecule has 0 aliphatic carbocycles. The van der Waals surface area contributed by atoms with E-state index in [0.29, 0.717) is 6.61 Å². The molecule has 108 valence electrons. The first kappa shape index (κ1) is 13.5. The number of hydrogen-bond acceptors (Lipinski definition) is 3. The second-order valence-corrected chi connectivity index (χ2v) is 5.16. The number of anilines is 2. The Hall–Kier alpha value is -2.49. The maximum Gasteiger partial charge on any atom is 0.415 e. The standard InChI is InChI=1S/C17H18N2O2/c1-13-11-18-15-9-5-6-10-16(15)19(13)17(20)21-12-14-7-3-2-4-8-14/h2-10,13,18H,11-12H2,1H3. The smallest absolute Gasteiger partial charge is 0.415 e. The maximum atomic E-state index is 12.4. The van der Waals surface area contributed by atoms with Crippen molar-refractivity contribution >= 4 is 17.5 Å².